The van der Waals surface area contributed by atoms with E-state index in [4.69, 9.17) is 0 Å². The molecule has 112 valence electrons. The van der Waals surface area contributed by atoms with Crippen molar-refractivity contribution in [3.63, 3.8) is 0 Å². The van der Waals surface area contributed by atoms with Crippen LogP contribution >= 0.6 is 0 Å². The zero-order chi connectivity index (χ0) is 13.8. The van der Waals surface area contributed by atoms with Gasteiger partial charge in [0.2, 0.25) is 0 Å². The lowest BCUT2D eigenvalue weighted by Crippen LogP contribution is -2.25. The molecule has 0 aromatic rings. The molecule has 1 atom stereocenters. The van der Waals surface area contributed by atoms with Crippen molar-refractivity contribution in [2.24, 2.45) is 5.92 Å². The van der Waals surface area contributed by atoms with Crippen LogP contribution in [0.2, 0.25) is 0 Å². The highest BCUT2D eigenvalue weighted by atomic mass is 16.1. The maximum atomic E-state index is 11.2. The molecule has 1 nitrogen and oxygen atoms in total. The zero-order valence-corrected chi connectivity index (χ0v) is 13.1. The van der Waals surface area contributed by atoms with Crippen molar-refractivity contribution in [1.29, 1.82) is 0 Å². The molecule has 1 rings (SSSR count). The fraction of sp³-hybridized carbons (Fsp3) is 0.944. The second-order valence-electron chi connectivity index (χ2n) is 6.38. The van der Waals surface area contributed by atoms with Gasteiger partial charge in [-0.15, -0.1) is 0 Å². The van der Waals surface area contributed by atoms with E-state index in [9.17, 15) is 4.79 Å². The van der Waals surface area contributed by atoms with Gasteiger partial charge in [0.25, 0.3) is 0 Å². The molecule has 1 aliphatic rings. The topological polar surface area (TPSA) is 17.1 Å². The first kappa shape index (κ1) is 16.7. The molecule has 0 saturated heterocycles. The van der Waals surface area contributed by atoms with Crippen LogP contribution in [0.5, 0.6) is 0 Å². The Morgan fingerprint density at radius 3 is 1.63 bits per heavy atom. The van der Waals surface area contributed by atoms with Crippen LogP contribution in [0, 0.1) is 5.92 Å². The Bertz CT molecular complexity index is 222. The lowest BCUT2D eigenvalue weighted by atomic mass is 9.80. The maximum absolute atomic E-state index is 11.2. The van der Waals surface area contributed by atoms with Crippen LogP contribution in [0.1, 0.15) is 103 Å². The number of rotatable bonds is 13. The molecule has 1 fully saturated rings. The minimum Gasteiger partial charge on any atom is -0.299 e. The van der Waals surface area contributed by atoms with Crippen LogP contribution in [-0.4, -0.2) is 5.78 Å². The van der Waals surface area contributed by atoms with Gasteiger partial charge in [-0.05, 0) is 12.8 Å². The van der Waals surface area contributed by atoms with Gasteiger partial charge in [-0.25, -0.2) is 0 Å². The fourth-order valence-electron chi connectivity index (χ4n) is 3.00. The van der Waals surface area contributed by atoms with Gasteiger partial charge in [-0.3, -0.25) is 4.79 Å². The normalized spacial score (nSPS) is 18.6. The van der Waals surface area contributed by atoms with Crippen molar-refractivity contribution in [2.75, 3.05) is 0 Å². The summed E-state index contributed by atoms with van der Waals surface area (Å²) in [6.07, 6.45) is 20.1. The summed E-state index contributed by atoms with van der Waals surface area (Å²) < 4.78 is 0. The van der Waals surface area contributed by atoms with Crippen molar-refractivity contribution in [2.45, 2.75) is 103 Å². The third kappa shape index (κ3) is 8.44. The smallest absolute Gasteiger partial charge is 0.136 e. The molecular weight excluding hydrogens is 232 g/mol. The molecule has 0 bridgehead atoms. The number of carbonyl (C=O) groups excluding carboxylic acids is 1. The fourth-order valence-corrected chi connectivity index (χ4v) is 3.00. The van der Waals surface area contributed by atoms with Gasteiger partial charge >= 0.3 is 0 Å². The van der Waals surface area contributed by atoms with E-state index in [0.29, 0.717) is 11.7 Å². The largest absolute Gasteiger partial charge is 0.299 e. The van der Waals surface area contributed by atoms with E-state index in [-0.39, 0.29) is 0 Å². The van der Waals surface area contributed by atoms with E-state index < -0.39 is 0 Å². The molecule has 19 heavy (non-hydrogen) atoms. The lowest BCUT2D eigenvalue weighted by molar-refractivity contribution is -0.129. The van der Waals surface area contributed by atoms with Crippen LogP contribution < -0.4 is 0 Å². The van der Waals surface area contributed by atoms with E-state index in [1.807, 2.05) is 0 Å². The highest BCUT2D eigenvalue weighted by Gasteiger charge is 2.26. The van der Waals surface area contributed by atoms with Crippen molar-refractivity contribution >= 4 is 5.78 Å². The molecular formula is C18H34O. The van der Waals surface area contributed by atoms with Crippen molar-refractivity contribution in [3.8, 4) is 0 Å². The van der Waals surface area contributed by atoms with E-state index in [1.54, 1.807) is 0 Å². The van der Waals surface area contributed by atoms with Crippen LogP contribution in [0.3, 0.4) is 0 Å². The Balaban J connectivity index is 1.68. The Hall–Kier alpha value is -0.330. The Labute approximate surface area is 120 Å². The zero-order valence-electron chi connectivity index (χ0n) is 13.1. The van der Waals surface area contributed by atoms with Gasteiger partial charge in [0, 0.05) is 12.3 Å². The summed E-state index contributed by atoms with van der Waals surface area (Å²) in [6, 6.07) is 0. The summed E-state index contributed by atoms with van der Waals surface area (Å²) in [4.78, 5) is 11.2. The minimum absolute atomic E-state index is 0.461. The van der Waals surface area contributed by atoms with Gasteiger partial charge < -0.3 is 0 Å². The SMILES string of the molecule is CCCCCCCCCCCCCCC1CCC1=O. The van der Waals surface area contributed by atoms with Crippen molar-refractivity contribution < 1.29 is 4.79 Å². The highest BCUT2D eigenvalue weighted by Crippen LogP contribution is 2.27. The third-order valence-corrected chi connectivity index (χ3v) is 4.60. The molecule has 0 spiro atoms. The van der Waals surface area contributed by atoms with Gasteiger partial charge in [-0.1, -0.05) is 84.0 Å². The van der Waals surface area contributed by atoms with E-state index >= 15 is 0 Å². The molecule has 1 saturated carbocycles. The number of ketones is 1. The molecule has 1 unspecified atom stereocenters. The first-order valence-electron chi connectivity index (χ1n) is 8.87. The van der Waals surface area contributed by atoms with Crippen molar-refractivity contribution in [1.82, 2.24) is 0 Å². The highest BCUT2D eigenvalue weighted by molar-refractivity contribution is 5.86. The summed E-state index contributed by atoms with van der Waals surface area (Å²) in [6.45, 7) is 2.28. The first-order valence-corrected chi connectivity index (χ1v) is 8.87. The Kier molecular flexibility index (Phi) is 10.1. The molecule has 1 heteroatoms. The van der Waals surface area contributed by atoms with E-state index in [1.165, 1.54) is 89.9 Å². The molecule has 0 amide bonds. The molecule has 0 N–H and O–H groups in total. The average Bonchev–Trinajstić information content (AvgIpc) is 2.42. The molecule has 0 heterocycles. The summed E-state index contributed by atoms with van der Waals surface area (Å²) >= 11 is 0. The maximum Gasteiger partial charge on any atom is 0.136 e. The average molecular weight is 266 g/mol. The number of hydrogen-bond acceptors (Lipinski definition) is 1. The summed E-state index contributed by atoms with van der Waals surface area (Å²) in [7, 11) is 0. The predicted molar refractivity (Wildman–Crippen MR) is 83.4 cm³/mol. The summed E-state index contributed by atoms with van der Waals surface area (Å²) in [5, 5.41) is 0. The number of unbranched alkanes of at least 4 members (excludes halogenated alkanes) is 11. The molecule has 0 radical (unpaired) electrons. The monoisotopic (exact) mass is 266 g/mol. The molecule has 1 aliphatic carbocycles. The second kappa shape index (κ2) is 11.5. The summed E-state index contributed by atoms with van der Waals surface area (Å²) in [5.74, 6) is 0.992. The Morgan fingerprint density at radius 2 is 1.26 bits per heavy atom. The number of carbonyl (C=O) groups is 1. The standard InChI is InChI=1S/C18H34O/c1-2-3-4-5-6-7-8-9-10-11-12-13-14-17-15-16-18(17)19/h17H,2-16H2,1H3. The van der Waals surface area contributed by atoms with Crippen molar-refractivity contribution in [3.05, 3.63) is 0 Å². The summed E-state index contributed by atoms with van der Waals surface area (Å²) in [5.41, 5.74) is 0. The first-order chi connectivity index (χ1) is 9.34. The Morgan fingerprint density at radius 1 is 0.789 bits per heavy atom. The lowest BCUT2D eigenvalue weighted by Gasteiger charge is -2.23. The minimum atomic E-state index is 0.461. The van der Waals surface area contributed by atoms with Crippen LogP contribution in [0.15, 0.2) is 0 Å². The third-order valence-electron chi connectivity index (χ3n) is 4.60. The van der Waals surface area contributed by atoms with E-state index in [0.717, 1.165) is 6.42 Å². The van der Waals surface area contributed by atoms with Crippen LogP contribution in [0.4, 0.5) is 0 Å². The molecule has 0 aromatic carbocycles. The van der Waals surface area contributed by atoms with Gasteiger partial charge in [0.05, 0.1) is 0 Å². The number of Topliss-reactive ketones (excluding diaryl/α,β-unsaturated/α-hetero) is 1. The van der Waals surface area contributed by atoms with Crippen LogP contribution in [0.25, 0.3) is 0 Å². The number of hydrogen-bond donors (Lipinski definition) is 0. The second-order valence-corrected chi connectivity index (χ2v) is 6.38. The molecule has 0 aromatic heterocycles. The van der Waals surface area contributed by atoms with E-state index in [2.05, 4.69) is 6.92 Å². The van der Waals surface area contributed by atoms with Gasteiger partial charge in [0.1, 0.15) is 5.78 Å². The van der Waals surface area contributed by atoms with Gasteiger partial charge in [-0.2, -0.15) is 0 Å². The quantitative estimate of drug-likeness (QED) is 0.370. The van der Waals surface area contributed by atoms with Crippen LogP contribution in [-0.2, 0) is 4.79 Å². The molecule has 0 aliphatic heterocycles. The van der Waals surface area contributed by atoms with Gasteiger partial charge in [0.15, 0.2) is 0 Å². The predicted octanol–water partition coefficient (Wildman–Crippen LogP) is 6.06.